The molecule has 1 aliphatic rings. The Morgan fingerprint density at radius 2 is 1.93 bits per heavy atom. The summed E-state index contributed by atoms with van der Waals surface area (Å²) >= 11 is 1.42. The van der Waals surface area contributed by atoms with Gasteiger partial charge in [0.2, 0.25) is 0 Å². The number of pyridine rings is 1. The van der Waals surface area contributed by atoms with Gasteiger partial charge < -0.3 is 9.64 Å². The number of fused-ring (bicyclic) bond motifs is 2. The quantitative estimate of drug-likeness (QED) is 0.498. The molecule has 0 saturated carbocycles. The Bertz CT molecular complexity index is 1230. The van der Waals surface area contributed by atoms with Gasteiger partial charge in [-0.15, -0.1) is 0 Å². The van der Waals surface area contributed by atoms with Crippen LogP contribution in [-0.4, -0.2) is 29.7 Å². The Labute approximate surface area is 169 Å². The number of benzene rings is 2. The number of nitrogens with zero attached hydrogens (tertiary/aromatic N) is 4. The third-order valence-electron chi connectivity index (χ3n) is 4.75. The van der Waals surface area contributed by atoms with Crippen molar-refractivity contribution in [2.24, 2.45) is 0 Å². The van der Waals surface area contributed by atoms with Crippen molar-refractivity contribution in [1.82, 2.24) is 9.97 Å². The molecule has 144 valence electrons. The molecule has 4 aromatic rings. The number of ether oxygens (including phenoxy) is 1. The molecule has 29 heavy (non-hydrogen) atoms. The minimum absolute atomic E-state index is 0.169. The maximum Gasteiger partial charge on any atom is 0.265 e. The Morgan fingerprint density at radius 1 is 1.10 bits per heavy atom. The van der Waals surface area contributed by atoms with E-state index < -0.39 is 0 Å². The van der Waals surface area contributed by atoms with E-state index in [2.05, 4.69) is 9.97 Å². The number of anilines is 3. The summed E-state index contributed by atoms with van der Waals surface area (Å²) in [5, 5.41) is 0.583. The fraction of sp³-hybridized carbons (Fsp3) is 0.0952. The molecule has 8 heteroatoms. The van der Waals surface area contributed by atoms with Gasteiger partial charge in [-0.1, -0.05) is 11.3 Å². The average molecular weight is 406 g/mol. The van der Waals surface area contributed by atoms with Gasteiger partial charge in [-0.05, 0) is 54.6 Å². The lowest BCUT2D eigenvalue weighted by atomic mass is 10.1. The van der Waals surface area contributed by atoms with Gasteiger partial charge in [-0.25, -0.2) is 14.4 Å². The van der Waals surface area contributed by atoms with Gasteiger partial charge in [0.15, 0.2) is 5.13 Å². The largest absolute Gasteiger partial charge is 0.497 e. The summed E-state index contributed by atoms with van der Waals surface area (Å²) in [4.78, 5) is 25.7. The average Bonchev–Trinajstić information content (AvgIpc) is 3.18. The molecule has 0 radical (unpaired) electrons. The molecule has 3 heterocycles. The van der Waals surface area contributed by atoms with Gasteiger partial charge >= 0.3 is 0 Å². The highest BCUT2D eigenvalue weighted by Gasteiger charge is 2.33. The van der Waals surface area contributed by atoms with Gasteiger partial charge in [0.1, 0.15) is 24.1 Å². The summed E-state index contributed by atoms with van der Waals surface area (Å²) < 4.78 is 19.6. The van der Waals surface area contributed by atoms with Crippen molar-refractivity contribution >= 4 is 44.1 Å². The maximum atomic E-state index is 13.4. The van der Waals surface area contributed by atoms with E-state index in [-0.39, 0.29) is 18.4 Å². The molecular formula is C21H15FN4O2S. The van der Waals surface area contributed by atoms with Crippen LogP contribution in [0.1, 0.15) is 10.4 Å². The molecule has 0 fully saturated rings. The smallest absolute Gasteiger partial charge is 0.265 e. The topological polar surface area (TPSA) is 58.6 Å². The van der Waals surface area contributed by atoms with Gasteiger partial charge in [0.05, 0.1) is 22.9 Å². The number of hydrogen-bond donors (Lipinski definition) is 0. The number of carbonyl (C=O) groups is 1. The van der Waals surface area contributed by atoms with E-state index in [1.807, 2.05) is 23.1 Å². The summed E-state index contributed by atoms with van der Waals surface area (Å²) in [5.74, 6) is 0.792. The standard InChI is InChI=1S/C21H15FN4O2S/c1-28-15-8-9-17-18(11-15)29-21(24-17)26-12-25(14-6-4-13(22)5-7-14)19-16(20(26)27)3-2-10-23-19/h2-11H,12H2,1H3. The summed E-state index contributed by atoms with van der Waals surface area (Å²) in [6.45, 7) is 0.228. The van der Waals surface area contributed by atoms with Crippen LogP contribution < -0.4 is 14.5 Å². The first-order chi connectivity index (χ1) is 14.1. The van der Waals surface area contributed by atoms with Gasteiger partial charge in [0.25, 0.3) is 5.91 Å². The van der Waals surface area contributed by atoms with Crippen LogP contribution in [0.3, 0.4) is 0 Å². The molecule has 5 rings (SSSR count). The number of carbonyl (C=O) groups excluding carboxylic acids is 1. The van der Waals surface area contributed by atoms with Crippen molar-refractivity contribution in [2.75, 3.05) is 23.6 Å². The first-order valence-corrected chi connectivity index (χ1v) is 9.70. The van der Waals surface area contributed by atoms with Crippen LogP contribution in [0.4, 0.5) is 21.0 Å². The van der Waals surface area contributed by atoms with Gasteiger partial charge in [-0.3, -0.25) is 9.69 Å². The van der Waals surface area contributed by atoms with E-state index >= 15 is 0 Å². The van der Waals surface area contributed by atoms with E-state index in [9.17, 15) is 9.18 Å². The SMILES string of the molecule is COc1ccc2nc(N3CN(c4ccc(F)cc4)c4ncccc4C3=O)sc2c1. The number of rotatable bonds is 3. The monoisotopic (exact) mass is 406 g/mol. The number of aromatic nitrogens is 2. The highest BCUT2D eigenvalue weighted by molar-refractivity contribution is 7.22. The zero-order valence-corrected chi connectivity index (χ0v) is 16.2. The lowest BCUT2D eigenvalue weighted by Crippen LogP contribution is -2.45. The predicted octanol–water partition coefficient (Wildman–Crippen LogP) is 4.60. The molecule has 6 nitrogen and oxygen atoms in total. The van der Waals surface area contributed by atoms with Gasteiger partial charge in [0, 0.05) is 11.9 Å². The lowest BCUT2D eigenvalue weighted by molar-refractivity contribution is 0.0983. The Kier molecular flexibility index (Phi) is 4.13. The predicted molar refractivity (Wildman–Crippen MR) is 111 cm³/mol. The Hall–Kier alpha value is -3.52. The van der Waals surface area contributed by atoms with Crippen LogP contribution in [0.25, 0.3) is 10.2 Å². The molecule has 0 bridgehead atoms. The van der Waals surface area contributed by atoms with Crippen molar-refractivity contribution in [3.63, 3.8) is 0 Å². The number of methoxy groups -OCH3 is 1. The van der Waals surface area contributed by atoms with Crippen LogP contribution >= 0.6 is 11.3 Å². The molecule has 1 amide bonds. The first kappa shape index (κ1) is 17.6. The number of thiazole rings is 1. The van der Waals surface area contributed by atoms with E-state index in [1.165, 1.54) is 23.5 Å². The molecule has 1 aliphatic heterocycles. The summed E-state index contributed by atoms with van der Waals surface area (Å²) in [7, 11) is 1.61. The van der Waals surface area contributed by atoms with Crippen molar-refractivity contribution in [1.29, 1.82) is 0 Å². The number of amides is 1. The highest BCUT2D eigenvalue weighted by Crippen LogP contribution is 2.37. The van der Waals surface area contributed by atoms with Crippen molar-refractivity contribution < 1.29 is 13.9 Å². The van der Waals surface area contributed by atoms with Crippen molar-refractivity contribution in [3.8, 4) is 5.75 Å². The molecule has 0 N–H and O–H groups in total. The van der Waals surface area contributed by atoms with E-state index in [0.717, 1.165) is 21.7 Å². The molecule has 0 unspecified atom stereocenters. The highest BCUT2D eigenvalue weighted by atomic mass is 32.1. The first-order valence-electron chi connectivity index (χ1n) is 8.88. The molecular weight excluding hydrogens is 391 g/mol. The van der Waals surface area contributed by atoms with E-state index in [0.29, 0.717) is 16.5 Å². The summed E-state index contributed by atoms with van der Waals surface area (Å²) in [6.07, 6.45) is 1.64. The zero-order chi connectivity index (χ0) is 20.0. The zero-order valence-electron chi connectivity index (χ0n) is 15.4. The maximum absolute atomic E-state index is 13.4. The summed E-state index contributed by atoms with van der Waals surface area (Å²) in [5.41, 5.74) is 2.01. The van der Waals surface area contributed by atoms with Crippen molar-refractivity contribution in [3.05, 3.63) is 72.2 Å². The van der Waals surface area contributed by atoms with Crippen molar-refractivity contribution in [2.45, 2.75) is 0 Å². The molecule has 2 aromatic carbocycles. The van der Waals surface area contributed by atoms with E-state index in [4.69, 9.17) is 4.74 Å². The second-order valence-corrected chi connectivity index (χ2v) is 7.49. The Morgan fingerprint density at radius 3 is 2.72 bits per heavy atom. The van der Waals surface area contributed by atoms with Crippen LogP contribution in [0.2, 0.25) is 0 Å². The third-order valence-corrected chi connectivity index (χ3v) is 5.80. The minimum atomic E-state index is -0.319. The number of halogens is 1. The minimum Gasteiger partial charge on any atom is -0.497 e. The summed E-state index contributed by atoms with van der Waals surface area (Å²) in [6, 6.07) is 15.2. The molecule has 0 atom stereocenters. The third kappa shape index (κ3) is 2.98. The fourth-order valence-corrected chi connectivity index (χ4v) is 4.29. The number of hydrogen-bond acceptors (Lipinski definition) is 6. The van der Waals surface area contributed by atoms with Crippen LogP contribution in [0.15, 0.2) is 60.8 Å². The van der Waals surface area contributed by atoms with E-state index in [1.54, 1.807) is 42.5 Å². The van der Waals surface area contributed by atoms with Crippen LogP contribution in [0, 0.1) is 5.82 Å². The normalized spacial score (nSPS) is 13.7. The molecule has 0 saturated heterocycles. The van der Waals surface area contributed by atoms with Gasteiger partial charge in [-0.2, -0.15) is 0 Å². The molecule has 0 aliphatic carbocycles. The van der Waals surface area contributed by atoms with Crippen LogP contribution in [-0.2, 0) is 0 Å². The second-order valence-electron chi connectivity index (χ2n) is 6.48. The fourth-order valence-electron chi connectivity index (χ4n) is 3.30. The lowest BCUT2D eigenvalue weighted by Gasteiger charge is -2.35. The van der Waals surface area contributed by atoms with Crippen LogP contribution in [0.5, 0.6) is 5.75 Å². The Balaban J connectivity index is 1.61. The second kappa shape index (κ2) is 6.82. The molecule has 0 spiro atoms. The molecule has 2 aromatic heterocycles.